The van der Waals surface area contributed by atoms with Gasteiger partial charge in [-0.25, -0.2) is 13.2 Å². The van der Waals surface area contributed by atoms with Crippen LogP contribution in [0.4, 0.5) is 0 Å². The van der Waals surface area contributed by atoms with Crippen molar-refractivity contribution in [3.63, 3.8) is 0 Å². The topological polar surface area (TPSA) is 86.5 Å². The number of hydrogen-bond acceptors (Lipinski definition) is 5. The van der Waals surface area contributed by atoms with Crippen LogP contribution in [-0.4, -0.2) is 25.9 Å². The highest BCUT2D eigenvalue weighted by Gasteiger charge is 2.46. The maximum atomic E-state index is 13.3. The van der Waals surface area contributed by atoms with E-state index in [1.165, 1.54) is 12.1 Å². The number of nitrogens with two attached hydrogens (primary N) is 1. The molecule has 6 heteroatoms. The summed E-state index contributed by atoms with van der Waals surface area (Å²) in [5.74, 6) is -0.818. The van der Waals surface area contributed by atoms with Crippen LogP contribution < -0.4 is 5.73 Å². The van der Waals surface area contributed by atoms with Gasteiger partial charge in [0.2, 0.25) is 9.84 Å². The van der Waals surface area contributed by atoms with E-state index in [2.05, 4.69) is 6.58 Å². The number of ether oxygens (including phenoxy) is 1. The minimum atomic E-state index is -4.10. The lowest BCUT2D eigenvalue weighted by molar-refractivity contribution is -0.138. The Balaban J connectivity index is 2.57. The Morgan fingerprint density at radius 1 is 1.12 bits per heavy atom. The highest BCUT2D eigenvalue weighted by atomic mass is 32.2. The number of rotatable bonds is 7. The summed E-state index contributed by atoms with van der Waals surface area (Å²) >= 11 is 0. The number of sulfone groups is 1. The van der Waals surface area contributed by atoms with E-state index >= 15 is 0 Å². The number of hydrogen-bond donors (Lipinski definition) is 1. The largest absolute Gasteiger partial charge is 0.463 e. The first-order chi connectivity index (χ1) is 12.2. The summed E-state index contributed by atoms with van der Waals surface area (Å²) in [4.78, 5) is 10.3. The third-order valence-electron chi connectivity index (χ3n) is 4.15. The fraction of sp³-hybridized carbons (Fsp3) is 0.250. The third-order valence-corrected chi connectivity index (χ3v) is 6.40. The zero-order valence-corrected chi connectivity index (χ0v) is 15.8. The van der Waals surface area contributed by atoms with Crippen molar-refractivity contribution in [3.05, 3.63) is 77.9 Å². The minimum absolute atomic E-state index is 0.0342. The first-order valence-corrected chi connectivity index (χ1v) is 9.71. The molecule has 0 saturated heterocycles. The average molecular weight is 373 g/mol. The highest BCUT2D eigenvalue weighted by Crippen LogP contribution is 2.31. The molecule has 0 saturated carbocycles. The number of esters is 1. The van der Waals surface area contributed by atoms with Gasteiger partial charge >= 0.3 is 5.97 Å². The predicted octanol–water partition coefficient (Wildman–Crippen LogP) is 2.79. The van der Waals surface area contributed by atoms with Gasteiger partial charge in [0.05, 0.1) is 17.1 Å². The second-order valence-electron chi connectivity index (χ2n) is 6.07. The molecule has 2 N–H and O–H groups in total. The molecule has 1 atom stereocenters. The normalized spacial score (nSPS) is 13.7. The molecular formula is C20H23NO4S. The van der Waals surface area contributed by atoms with Crippen LogP contribution in [0.15, 0.2) is 71.6 Å². The van der Waals surface area contributed by atoms with Crippen molar-refractivity contribution in [2.24, 2.45) is 5.73 Å². The molecule has 0 spiro atoms. The second-order valence-corrected chi connectivity index (χ2v) is 8.27. The summed E-state index contributed by atoms with van der Waals surface area (Å²) in [5.41, 5.74) is 7.67. The number of benzene rings is 2. The summed E-state index contributed by atoms with van der Waals surface area (Å²) in [7, 11) is -4.10. The van der Waals surface area contributed by atoms with Crippen LogP contribution in [0.5, 0.6) is 0 Å². The van der Waals surface area contributed by atoms with E-state index in [1.54, 1.807) is 43.3 Å². The van der Waals surface area contributed by atoms with Gasteiger partial charge in [-0.15, -0.1) is 0 Å². The molecule has 26 heavy (non-hydrogen) atoms. The molecule has 0 radical (unpaired) electrons. The SMILES string of the molecule is C=C(C(=O)OCC)C(N)(Cc1ccccc1)S(=O)(=O)c1ccc(C)cc1. The monoisotopic (exact) mass is 373 g/mol. The van der Waals surface area contributed by atoms with Gasteiger partial charge < -0.3 is 10.5 Å². The zero-order valence-electron chi connectivity index (χ0n) is 14.9. The molecule has 0 bridgehead atoms. The van der Waals surface area contributed by atoms with E-state index in [0.717, 1.165) is 5.56 Å². The molecule has 2 aromatic carbocycles. The van der Waals surface area contributed by atoms with Gasteiger partial charge in [0.15, 0.2) is 4.87 Å². The summed E-state index contributed by atoms with van der Waals surface area (Å²) in [5, 5.41) is 0. The van der Waals surface area contributed by atoms with Crippen LogP contribution in [0.3, 0.4) is 0 Å². The molecule has 0 aliphatic rings. The van der Waals surface area contributed by atoms with E-state index in [-0.39, 0.29) is 23.5 Å². The van der Waals surface area contributed by atoms with Crippen molar-refractivity contribution in [3.8, 4) is 0 Å². The average Bonchev–Trinajstić information content (AvgIpc) is 2.62. The molecule has 5 nitrogen and oxygen atoms in total. The molecule has 0 heterocycles. The van der Waals surface area contributed by atoms with Gasteiger partial charge in [0, 0.05) is 6.42 Å². The van der Waals surface area contributed by atoms with Crippen molar-refractivity contribution in [1.82, 2.24) is 0 Å². The van der Waals surface area contributed by atoms with Crippen LogP contribution in [0, 0.1) is 6.92 Å². The molecule has 0 aliphatic carbocycles. The van der Waals surface area contributed by atoms with E-state index in [4.69, 9.17) is 10.5 Å². The van der Waals surface area contributed by atoms with E-state index in [9.17, 15) is 13.2 Å². The Morgan fingerprint density at radius 2 is 1.69 bits per heavy atom. The van der Waals surface area contributed by atoms with E-state index in [1.807, 2.05) is 13.0 Å². The molecule has 2 aromatic rings. The Hall–Kier alpha value is -2.44. The lowest BCUT2D eigenvalue weighted by atomic mass is 10.00. The lowest BCUT2D eigenvalue weighted by Crippen LogP contribution is -2.53. The molecule has 0 fully saturated rings. The van der Waals surface area contributed by atoms with Crippen molar-refractivity contribution < 1.29 is 17.9 Å². The van der Waals surface area contributed by atoms with Crippen LogP contribution in [0.2, 0.25) is 0 Å². The number of carbonyl (C=O) groups excluding carboxylic acids is 1. The van der Waals surface area contributed by atoms with E-state index in [0.29, 0.717) is 5.56 Å². The molecule has 1 unspecified atom stereocenters. The highest BCUT2D eigenvalue weighted by molar-refractivity contribution is 7.93. The number of carbonyl (C=O) groups is 1. The first-order valence-electron chi connectivity index (χ1n) is 8.23. The predicted molar refractivity (Wildman–Crippen MR) is 101 cm³/mol. The summed E-state index contributed by atoms with van der Waals surface area (Å²) in [6.45, 7) is 7.26. The molecule has 0 aliphatic heterocycles. The third kappa shape index (κ3) is 3.86. The standard InChI is InChI=1S/C20H23NO4S/c1-4-25-19(22)16(3)20(21,14-17-8-6-5-7-9-17)26(23,24)18-12-10-15(2)11-13-18/h5-13H,3-4,14,21H2,1-2H3. The first kappa shape index (κ1) is 19.9. The zero-order chi connectivity index (χ0) is 19.4. The van der Waals surface area contributed by atoms with Gasteiger partial charge in [-0.1, -0.05) is 54.6 Å². The van der Waals surface area contributed by atoms with Gasteiger partial charge in [-0.2, -0.15) is 0 Å². The lowest BCUT2D eigenvalue weighted by Gasteiger charge is -2.30. The fourth-order valence-electron chi connectivity index (χ4n) is 2.58. The van der Waals surface area contributed by atoms with Gasteiger partial charge in [-0.05, 0) is 31.5 Å². The summed E-state index contributed by atoms with van der Waals surface area (Å²) < 4.78 is 31.6. The van der Waals surface area contributed by atoms with Gasteiger partial charge in [0.25, 0.3) is 0 Å². The maximum Gasteiger partial charge on any atom is 0.336 e. The number of aryl methyl sites for hydroxylation is 1. The van der Waals surface area contributed by atoms with E-state index < -0.39 is 20.7 Å². The van der Waals surface area contributed by atoms with Crippen molar-refractivity contribution in [1.29, 1.82) is 0 Å². The van der Waals surface area contributed by atoms with Gasteiger partial charge in [-0.3, -0.25) is 0 Å². The second kappa shape index (κ2) is 7.85. The van der Waals surface area contributed by atoms with Crippen LogP contribution >= 0.6 is 0 Å². The molecular weight excluding hydrogens is 350 g/mol. The molecule has 138 valence electrons. The van der Waals surface area contributed by atoms with Gasteiger partial charge in [0.1, 0.15) is 0 Å². The minimum Gasteiger partial charge on any atom is -0.463 e. The van der Waals surface area contributed by atoms with Crippen LogP contribution in [-0.2, 0) is 25.8 Å². The molecule has 2 rings (SSSR count). The Labute approximate surface area is 154 Å². The summed E-state index contributed by atoms with van der Waals surface area (Å²) in [6.07, 6.45) is -0.0955. The summed E-state index contributed by atoms with van der Waals surface area (Å²) in [6, 6.07) is 15.2. The van der Waals surface area contributed by atoms with Crippen molar-refractivity contribution >= 4 is 15.8 Å². The van der Waals surface area contributed by atoms with Crippen LogP contribution in [0.1, 0.15) is 18.1 Å². The maximum absolute atomic E-state index is 13.3. The quantitative estimate of drug-likeness (QED) is 0.596. The molecule has 0 amide bonds. The molecule has 0 aromatic heterocycles. The van der Waals surface area contributed by atoms with Crippen LogP contribution in [0.25, 0.3) is 0 Å². The Morgan fingerprint density at radius 3 is 2.23 bits per heavy atom. The van der Waals surface area contributed by atoms with Crippen molar-refractivity contribution in [2.45, 2.75) is 30.0 Å². The fourth-order valence-corrected chi connectivity index (χ4v) is 4.26. The Kier molecular flexibility index (Phi) is 6.00. The smallest absolute Gasteiger partial charge is 0.336 e. The Bertz CT molecular complexity index is 889. The van der Waals surface area contributed by atoms with Crippen molar-refractivity contribution in [2.75, 3.05) is 6.61 Å².